The van der Waals surface area contributed by atoms with Crippen LogP contribution in [0.25, 0.3) is 11.0 Å². The minimum absolute atomic E-state index is 0.00505. The van der Waals surface area contributed by atoms with Crippen LogP contribution in [0.15, 0.2) is 51.4 Å². The maximum atomic E-state index is 12.9. The Kier molecular flexibility index (Phi) is 4.81. The lowest BCUT2D eigenvalue weighted by Crippen LogP contribution is -2.10. The standard InChI is InChI=1S/C21H20O6/c1-11(2)3-5-14-16(23)9-18(25)19-20(26)13(10-27-21(14)19)7-12-4-6-15(22)17(24)8-12/h3-4,6,8-10,22-25H,5,7H2,1-2H3. The molecule has 4 N–H and O–H groups in total. The zero-order valence-corrected chi connectivity index (χ0v) is 15.0. The normalized spacial score (nSPS) is 10.9. The molecule has 0 saturated heterocycles. The smallest absolute Gasteiger partial charge is 0.199 e. The van der Waals surface area contributed by atoms with Gasteiger partial charge in [-0.2, -0.15) is 0 Å². The summed E-state index contributed by atoms with van der Waals surface area (Å²) >= 11 is 0. The van der Waals surface area contributed by atoms with E-state index in [0.29, 0.717) is 17.5 Å². The van der Waals surface area contributed by atoms with Crippen molar-refractivity contribution >= 4 is 11.0 Å². The summed E-state index contributed by atoms with van der Waals surface area (Å²) < 4.78 is 5.61. The van der Waals surface area contributed by atoms with E-state index in [4.69, 9.17) is 4.42 Å². The number of allylic oxidation sites excluding steroid dienone is 2. The average Bonchev–Trinajstić information content (AvgIpc) is 2.59. The lowest BCUT2D eigenvalue weighted by molar-refractivity contribution is 0.403. The molecule has 0 unspecified atom stereocenters. The Morgan fingerprint density at radius 2 is 1.74 bits per heavy atom. The number of hydrogen-bond acceptors (Lipinski definition) is 6. The molecule has 3 aromatic rings. The molecule has 0 aliphatic heterocycles. The monoisotopic (exact) mass is 368 g/mol. The molecule has 140 valence electrons. The van der Waals surface area contributed by atoms with E-state index < -0.39 is 5.43 Å². The zero-order valence-electron chi connectivity index (χ0n) is 15.0. The second-order valence-corrected chi connectivity index (χ2v) is 6.67. The van der Waals surface area contributed by atoms with E-state index >= 15 is 0 Å². The van der Waals surface area contributed by atoms with Gasteiger partial charge in [-0.15, -0.1) is 0 Å². The average molecular weight is 368 g/mol. The Morgan fingerprint density at radius 3 is 2.41 bits per heavy atom. The number of rotatable bonds is 4. The van der Waals surface area contributed by atoms with Crippen LogP contribution < -0.4 is 5.43 Å². The van der Waals surface area contributed by atoms with Gasteiger partial charge in [0.05, 0.1) is 6.26 Å². The molecular formula is C21H20O6. The van der Waals surface area contributed by atoms with Crippen LogP contribution in [0.2, 0.25) is 0 Å². The molecule has 6 heteroatoms. The van der Waals surface area contributed by atoms with Crippen LogP contribution in [0.4, 0.5) is 0 Å². The fourth-order valence-corrected chi connectivity index (χ4v) is 2.89. The zero-order chi connectivity index (χ0) is 19.7. The molecule has 3 rings (SSSR count). The molecule has 2 aromatic carbocycles. The lowest BCUT2D eigenvalue weighted by atomic mass is 10.0. The Labute approximate surface area is 155 Å². The molecule has 0 fully saturated rings. The molecule has 1 aromatic heterocycles. The van der Waals surface area contributed by atoms with Crippen molar-refractivity contribution in [3.8, 4) is 23.0 Å². The molecule has 27 heavy (non-hydrogen) atoms. The lowest BCUT2D eigenvalue weighted by Gasteiger charge is -2.10. The number of phenolic OH excluding ortho intramolecular Hbond substituents is 4. The summed E-state index contributed by atoms with van der Waals surface area (Å²) in [7, 11) is 0. The van der Waals surface area contributed by atoms with Gasteiger partial charge in [0, 0.05) is 23.6 Å². The first kappa shape index (κ1) is 18.4. The fraction of sp³-hybridized carbons (Fsp3) is 0.190. The molecule has 6 nitrogen and oxygen atoms in total. The van der Waals surface area contributed by atoms with Crippen LogP contribution >= 0.6 is 0 Å². The van der Waals surface area contributed by atoms with Gasteiger partial charge in [-0.1, -0.05) is 17.7 Å². The number of fused-ring (bicyclic) bond motifs is 1. The molecular weight excluding hydrogens is 348 g/mol. The summed E-state index contributed by atoms with van der Waals surface area (Å²) in [4.78, 5) is 12.9. The van der Waals surface area contributed by atoms with Gasteiger partial charge >= 0.3 is 0 Å². The molecule has 1 heterocycles. The van der Waals surface area contributed by atoms with Crippen LogP contribution in [-0.4, -0.2) is 20.4 Å². The minimum Gasteiger partial charge on any atom is -0.507 e. The fourth-order valence-electron chi connectivity index (χ4n) is 2.89. The van der Waals surface area contributed by atoms with Crippen molar-refractivity contribution in [1.82, 2.24) is 0 Å². The minimum atomic E-state index is -0.417. The van der Waals surface area contributed by atoms with Crippen molar-refractivity contribution < 1.29 is 24.8 Å². The van der Waals surface area contributed by atoms with E-state index in [1.54, 1.807) is 6.07 Å². The summed E-state index contributed by atoms with van der Waals surface area (Å²) in [6.07, 6.45) is 3.69. The van der Waals surface area contributed by atoms with Gasteiger partial charge in [0.15, 0.2) is 16.9 Å². The summed E-state index contributed by atoms with van der Waals surface area (Å²) in [6, 6.07) is 5.41. The largest absolute Gasteiger partial charge is 0.507 e. The van der Waals surface area contributed by atoms with E-state index in [9.17, 15) is 25.2 Å². The molecule has 0 amide bonds. The highest BCUT2D eigenvalue weighted by molar-refractivity contribution is 5.88. The van der Waals surface area contributed by atoms with E-state index in [1.807, 2.05) is 19.9 Å². The first-order valence-corrected chi connectivity index (χ1v) is 8.40. The van der Waals surface area contributed by atoms with Gasteiger partial charge in [0.1, 0.15) is 22.5 Å². The molecule has 0 aliphatic rings. The van der Waals surface area contributed by atoms with E-state index in [-0.39, 0.29) is 46.0 Å². The first-order chi connectivity index (χ1) is 12.8. The van der Waals surface area contributed by atoms with Crippen LogP contribution in [0.1, 0.15) is 30.5 Å². The predicted molar refractivity (Wildman–Crippen MR) is 102 cm³/mol. The third-order valence-electron chi connectivity index (χ3n) is 4.33. The topological polar surface area (TPSA) is 111 Å². The maximum Gasteiger partial charge on any atom is 0.199 e. The highest BCUT2D eigenvalue weighted by atomic mass is 16.3. The van der Waals surface area contributed by atoms with Crippen molar-refractivity contribution in [2.45, 2.75) is 26.7 Å². The van der Waals surface area contributed by atoms with Gasteiger partial charge in [-0.25, -0.2) is 0 Å². The molecule has 0 radical (unpaired) electrons. The Balaban J connectivity index is 2.12. The number of hydrogen-bond donors (Lipinski definition) is 4. The SMILES string of the molecule is CC(C)=CCc1c(O)cc(O)c2c(=O)c(Cc3ccc(O)c(O)c3)coc12. The first-order valence-electron chi connectivity index (χ1n) is 8.40. The van der Waals surface area contributed by atoms with Gasteiger partial charge in [-0.05, 0) is 38.0 Å². The number of aromatic hydroxyl groups is 4. The van der Waals surface area contributed by atoms with Gasteiger partial charge in [0.2, 0.25) is 0 Å². The quantitative estimate of drug-likeness (QED) is 0.413. The van der Waals surface area contributed by atoms with Crippen LogP contribution in [0.5, 0.6) is 23.0 Å². The van der Waals surface area contributed by atoms with Gasteiger partial charge in [0.25, 0.3) is 0 Å². The molecule has 0 aliphatic carbocycles. The second-order valence-electron chi connectivity index (χ2n) is 6.67. The van der Waals surface area contributed by atoms with Crippen LogP contribution in [0, 0.1) is 0 Å². The third-order valence-corrected chi connectivity index (χ3v) is 4.33. The Morgan fingerprint density at radius 1 is 1.00 bits per heavy atom. The highest BCUT2D eigenvalue weighted by Gasteiger charge is 2.18. The molecule has 0 saturated carbocycles. The van der Waals surface area contributed by atoms with E-state index in [2.05, 4.69) is 0 Å². The Bertz CT molecular complexity index is 1100. The maximum absolute atomic E-state index is 12.9. The van der Waals surface area contributed by atoms with Crippen LogP contribution in [-0.2, 0) is 12.8 Å². The molecule has 0 spiro atoms. The van der Waals surface area contributed by atoms with Crippen molar-refractivity contribution in [3.05, 3.63) is 69.1 Å². The predicted octanol–water partition coefficient (Wildman–Crippen LogP) is 3.71. The van der Waals surface area contributed by atoms with Crippen molar-refractivity contribution in [2.75, 3.05) is 0 Å². The summed E-state index contributed by atoms with van der Waals surface area (Å²) in [5.74, 6) is -1.03. The van der Waals surface area contributed by atoms with Gasteiger partial charge in [-0.3, -0.25) is 4.79 Å². The van der Waals surface area contributed by atoms with Crippen molar-refractivity contribution in [1.29, 1.82) is 0 Å². The number of benzene rings is 2. The molecule has 0 bridgehead atoms. The summed E-state index contributed by atoms with van der Waals surface area (Å²) in [5, 5.41) is 39.4. The van der Waals surface area contributed by atoms with E-state index in [1.165, 1.54) is 18.4 Å². The molecule has 0 atom stereocenters. The number of phenols is 4. The van der Waals surface area contributed by atoms with Gasteiger partial charge < -0.3 is 24.8 Å². The second kappa shape index (κ2) is 7.07. The Hall–Kier alpha value is -3.41. The highest BCUT2D eigenvalue weighted by Crippen LogP contribution is 2.34. The van der Waals surface area contributed by atoms with Crippen LogP contribution in [0.3, 0.4) is 0 Å². The van der Waals surface area contributed by atoms with Crippen molar-refractivity contribution in [2.24, 2.45) is 0 Å². The summed E-state index contributed by atoms with van der Waals surface area (Å²) in [5.41, 5.74) is 2.07. The van der Waals surface area contributed by atoms with Crippen molar-refractivity contribution in [3.63, 3.8) is 0 Å². The summed E-state index contributed by atoms with van der Waals surface area (Å²) in [6.45, 7) is 3.84. The third kappa shape index (κ3) is 3.60. The van der Waals surface area contributed by atoms with E-state index in [0.717, 1.165) is 11.6 Å².